The number of benzene rings is 2. The Hall–Kier alpha value is -3.33. The highest BCUT2D eigenvalue weighted by Crippen LogP contribution is 2.12. The summed E-state index contributed by atoms with van der Waals surface area (Å²) in [6, 6.07) is 10.3. The highest BCUT2D eigenvalue weighted by Gasteiger charge is 2.12. The monoisotopic (exact) mass is 404 g/mol. The molecule has 0 saturated carbocycles. The number of anilines is 2. The molecule has 2 aromatic rings. The maximum atomic E-state index is 13.1. The SMILES string of the molecule is Cc1ccc(NC(=O)CN(C)CC(=O)NCC(=O)Nc2ccc(F)c(F)c2)cc1. The fraction of sp³-hybridized carbons (Fsp3) is 0.250. The van der Waals surface area contributed by atoms with Gasteiger partial charge in [-0.25, -0.2) is 8.78 Å². The molecule has 154 valence electrons. The van der Waals surface area contributed by atoms with E-state index in [9.17, 15) is 23.2 Å². The van der Waals surface area contributed by atoms with E-state index in [0.29, 0.717) is 5.69 Å². The lowest BCUT2D eigenvalue weighted by molar-refractivity contribution is -0.125. The van der Waals surface area contributed by atoms with Gasteiger partial charge in [-0.2, -0.15) is 0 Å². The Balaban J connectivity index is 1.70. The fourth-order valence-electron chi connectivity index (χ4n) is 2.40. The topological polar surface area (TPSA) is 90.5 Å². The lowest BCUT2D eigenvalue weighted by Gasteiger charge is -2.16. The van der Waals surface area contributed by atoms with Crippen molar-refractivity contribution in [1.29, 1.82) is 0 Å². The van der Waals surface area contributed by atoms with Gasteiger partial charge in [0, 0.05) is 17.4 Å². The first-order valence-electron chi connectivity index (χ1n) is 8.79. The van der Waals surface area contributed by atoms with Crippen LogP contribution in [0.4, 0.5) is 20.2 Å². The lowest BCUT2D eigenvalue weighted by Crippen LogP contribution is -2.41. The summed E-state index contributed by atoms with van der Waals surface area (Å²) in [5.41, 5.74) is 1.81. The number of carbonyl (C=O) groups excluding carboxylic acids is 3. The molecule has 0 atom stereocenters. The van der Waals surface area contributed by atoms with Crippen LogP contribution >= 0.6 is 0 Å². The van der Waals surface area contributed by atoms with Crippen molar-refractivity contribution in [2.24, 2.45) is 0 Å². The number of likely N-dealkylation sites (N-methyl/N-ethyl adjacent to an activating group) is 1. The lowest BCUT2D eigenvalue weighted by atomic mass is 10.2. The number of hydrogen-bond acceptors (Lipinski definition) is 4. The Labute approximate surface area is 167 Å². The predicted octanol–water partition coefficient (Wildman–Crippen LogP) is 1.90. The number of nitrogens with one attached hydrogen (secondary N) is 3. The Morgan fingerprint density at radius 2 is 1.41 bits per heavy atom. The minimum atomic E-state index is -1.09. The number of carbonyl (C=O) groups is 3. The molecule has 9 heteroatoms. The second-order valence-corrected chi connectivity index (χ2v) is 6.54. The standard InChI is InChI=1S/C20H22F2N4O3/c1-13-3-5-14(6-4-13)24-20(29)12-26(2)11-19(28)23-10-18(27)25-15-7-8-16(21)17(22)9-15/h3-9H,10-12H2,1-2H3,(H,23,28)(H,24,29)(H,25,27). The highest BCUT2D eigenvalue weighted by molar-refractivity contribution is 5.95. The molecule has 0 unspecified atom stereocenters. The van der Waals surface area contributed by atoms with Gasteiger partial charge in [0.15, 0.2) is 11.6 Å². The number of amides is 3. The highest BCUT2D eigenvalue weighted by atomic mass is 19.2. The summed E-state index contributed by atoms with van der Waals surface area (Å²) in [5.74, 6) is -3.44. The number of nitrogens with zero attached hydrogens (tertiary/aromatic N) is 1. The van der Waals surface area contributed by atoms with Crippen LogP contribution in [0.2, 0.25) is 0 Å². The molecule has 3 N–H and O–H groups in total. The van der Waals surface area contributed by atoms with Gasteiger partial charge in [-0.1, -0.05) is 17.7 Å². The van der Waals surface area contributed by atoms with Crippen molar-refractivity contribution in [2.75, 3.05) is 37.3 Å². The summed E-state index contributed by atoms with van der Waals surface area (Å²) in [6.45, 7) is 1.49. The third-order valence-corrected chi connectivity index (χ3v) is 3.81. The number of halogens is 2. The van der Waals surface area contributed by atoms with Crippen LogP contribution in [-0.4, -0.2) is 49.3 Å². The molecule has 0 bridgehead atoms. The molecule has 0 aliphatic heterocycles. The van der Waals surface area contributed by atoms with Crippen molar-refractivity contribution in [2.45, 2.75) is 6.92 Å². The van der Waals surface area contributed by atoms with Crippen LogP contribution in [0.1, 0.15) is 5.56 Å². The number of rotatable bonds is 8. The Kier molecular flexibility index (Phi) is 7.79. The van der Waals surface area contributed by atoms with E-state index >= 15 is 0 Å². The molecular formula is C20H22F2N4O3. The normalized spacial score (nSPS) is 10.5. The summed E-state index contributed by atoms with van der Waals surface area (Å²) >= 11 is 0. The quantitative estimate of drug-likeness (QED) is 0.627. The van der Waals surface area contributed by atoms with Crippen LogP contribution < -0.4 is 16.0 Å². The van der Waals surface area contributed by atoms with Crippen molar-refractivity contribution >= 4 is 29.1 Å². The van der Waals surface area contributed by atoms with E-state index < -0.39 is 23.4 Å². The van der Waals surface area contributed by atoms with Gasteiger partial charge in [-0.05, 0) is 38.2 Å². The molecule has 29 heavy (non-hydrogen) atoms. The first kappa shape index (κ1) is 22.0. The summed E-state index contributed by atoms with van der Waals surface area (Å²) in [4.78, 5) is 37.2. The molecule has 2 rings (SSSR count). The molecule has 0 heterocycles. The van der Waals surface area contributed by atoms with Gasteiger partial charge in [-0.3, -0.25) is 19.3 Å². The molecule has 0 spiro atoms. The van der Waals surface area contributed by atoms with Gasteiger partial charge in [-0.15, -0.1) is 0 Å². The zero-order valence-corrected chi connectivity index (χ0v) is 16.1. The maximum Gasteiger partial charge on any atom is 0.243 e. The van der Waals surface area contributed by atoms with Crippen LogP contribution in [0.25, 0.3) is 0 Å². The van der Waals surface area contributed by atoms with E-state index in [1.165, 1.54) is 11.0 Å². The Morgan fingerprint density at radius 1 is 0.828 bits per heavy atom. The van der Waals surface area contributed by atoms with Gasteiger partial charge in [0.2, 0.25) is 17.7 Å². The number of aryl methyl sites for hydroxylation is 1. The minimum absolute atomic E-state index is 0.0116. The predicted molar refractivity (Wildman–Crippen MR) is 105 cm³/mol. The molecule has 7 nitrogen and oxygen atoms in total. The van der Waals surface area contributed by atoms with Crippen molar-refractivity contribution in [3.05, 3.63) is 59.7 Å². The van der Waals surface area contributed by atoms with E-state index in [1.807, 2.05) is 19.1 Å². The molecule has 2 aromatic carbocycles. The second kappa shape index (κ2) is 10.3. The molecule has 0 fully saturated rings. The first-order valence-corrected chi connectivity index (χ1v) is 8.79. The van der Waals surface area contributed by atoms with Crippen LogP contribution in [0.15, 0.2) is 42.5 Å². The molecule has 3 amide bonds. The minimum Gasteiger partial charge on any atom is -0.346 e. The van der Waals surface area contributed by atoms with Crippen LogP contribution in [-0.2, 0) is 14.4 Å². The summed E-state index contributed by atoms with van der Waals surface area (Å²) in [7, 11) is 1.59. The third-order valence-electron chi connectivity index (χ3n) is 3.81. The van der Waals surface area contributed by atoms with Crippen LogP contribution in [0, 0.1) is 18.6 Å². The molecule has 0 aliphatic carbocycles. The largest absolute Gasteiger partial charge is 0.346 e. The van der Waals surface area contributed by atoms with Gasteiger partial charge in [0.05, 0.1) is 19.6 Å². The van der Waals surface area contributed by atoms with Gasteiger partial charge in [0.1, 0.15) is 0 Å². The van der Waals surface area contributed by atoms with Gasteiger partial charge < -0.3 is 16.0 Å². The summed E-state index contributed by atoms with van der Waals surface area (Å²) in [5, 5.41) is 7.47. The first-order chi connectivity index (χ1) is 13.7. The molecule has 0 saturated heterocycles. The van der Waals surface area contributed by atoms with E-state index in [1.54, 1.807) is 19.2 Å². The van der Waals surface area contributed by atoms with E-state index in [0.717, 1.165) is 17.7 Å². The maximum absolute atomic E-state index is 13.1. The van der Waals surface area contributed by atoms with Gasteiger partial charge >= 0.3 is 0 Å². The second-order valence-electron chi connectivity index (χ2n) is 6.54. The average Bonchev–Trinajstić information content (AvgIpc) is 2.65. The summed E-state index contributed by atoms with van der Waals surface area (Å²) < 4.78 is 26.0. The Morgan fingerprint density at radius 3 is 2.07 bits per heavy atom. The average molecular weight is 404 g/mol. The zero-order valence-electron chi connectivity index (χ0n) is 16.1. The van der Waals surface area contributed by atoms with Crippen LogP contribution in [0.5, 0.6) is 0 Å². The summed E-state index contributed by atoms with van der Waals surface area (Å²) in [6.07, 6.45) is 0. The number of hydrogen-bond donors (Lipinski definition) is 3. The van der Waals surface area contributed by atoms with E-state index in [-0.39, 0.29) is 31.2 Å². The third kappa shape index (κ3) is 7.67. The van der Waals surface area contributed by atoms with Crippen molar-refractivity contribution < 1.29 is 23.2 Å². The smallest absolute Gasteiger partial charge is 0.243 e. The van der Waals surface area contributed by atoms with Crippen LogP contribution in [0.3, 0.4) is 0 Å². The van der Waals surface area contributed by atoms with Crippen molar-refractivity contribution in [3.63, 3.8) is 0 Å². The van der Waals surface area contributed by atoms with Gasteiger partial charge in [0.25, 0.3) is 0 Å². The zero-order chi connectivity index (χ0) is 21.4. The van der Waals surface area contributed by atoms with E-state index in [4.69, 9.17) is 0 Å². The Bertz CT molecular complexity index is 888. The molecule has 0 aromatic heterocycles. The van der Waals surface area contributed by atoms with Crippen molar-refractivity contribution in [1.82, 2.24) is 10.2 Å². The molecular weight excluding hydrogens is 382 g/mol. The molecule has 0 aliphatic rings. The van der Waals surface area contributed by atoms with E-state index in [2.05, 4.69) is 16.0 Å². The van der Waals surface area contributed by atoms with Crippen molar-refractivity contribution in [3.8, 4) is 0 Å². The molecule has 0 radical (unpaired) electrons. The fourth-order valence-corrected chi connectivity index (χ4v) is 2.40.